The van der Waals surface area contributed by atoms with Crippen LogP contribution in [-0.4, -0.2) is 23.5 Å². The number of carbonyl (C=O) groups is 2. The van der Waals surface area contributed by atoms with Crippen LogP contribution in [-0.2, 0) is 14.3 Å². The van der Waals surface area contributed by atoms with Crippen LogP contribution < -0.4 is 5.32 Å². The first kappa shape index (κ1) is 7.50. The Labute approximate surface area is 75.6 Å². The highest BCUT2D eigenvalue weighted by Gasteiger charge is 2.65. The van der Waals surface area contributed by atoms with Gasteiger partial charge in [-0.15, -0.1) is 0 Å². The highest BCUT2D eigenvalue weighted by Crippen LogP contribution is 2.52. The van der Waals surface area contributed by atoms with Gasteiger partial charge in [-0.1, -0.05) is 0 Å². The molecule has 0 aromatic carbocycles. The topological polar surface area (TPSA) is 55.4 Å². The van der Waals surface area contributed by atoms with Gasteiger partial charge in [0.2, 0.25) is 11.8 Å². The van der Waals surface area contributed by atoms with E-state index in [0.717, 1.165) is 12.8 Å². The van der Waals surface area contributed by atoms with Gasteiger partial charge >= 0.3 is 0 Å². The molecule has 2 amide bonds. The van der Waals surface area contributed by atoms with E-state index in [-0.39, 0.29) is 35.4 Å². The van der Waals surface area contributed by atoms with Gasteiger partial charge in [0.05, 0.1) is 23.5 Å². The maximum atomic E-state index is 11.4. The molecule has 3 aliphatic heterocycles. The number of nitrogens with one attached hydrogen (secondary N) is 1. The van der Waals surface area contributed by atoms with Crippen LogP contribution in [0.5, 0.6) is 0 Å². The van der Waals surface area contributed by atoms with Gasteiger partial charge in [0.1, 0.15) is 0 Å². The molecule has 4 atom stereocenters. The Hall–Kier alpha value is -0.900. The SMILES string of the molecule is C[C@]12CC[C@H](O1)[C@H]1C(=O)NC(=O)[C@@H]12. The quantitative estimate of drug-likeness (QED) is 0.528. The molecule has 0 unspecified atom stereocenters. The van der Waals surface area contributed by atoms with Crippen LogP contribution in [0.2, 0.25) is 0 Å². The molecule has 70 valence electrons. The molecular weight excluding hydrogens is 170 g/mol. The van der Waals surface area contributed by atoms with Crippen molar-refractivity contribution in [1.82, 2.24) is 5.32 Å². The van der Waals surface area contributed by atoms with E-state index >= 15 is 0 Å². The molecule has 3 heterocycles. The third-order valence-electron chi connectivity index (χ3n) is 3.60. The van der Waals surface area contributed by atoms with Crippen LogP contribution in [0.1, 0.15) is 19.8 Å². The average Bonchev–Trinajstić information content (AvgIpc) is 2.62. The Morgan fingerprint density at radius 2 is 2.23 bits per heavy atom. The van der Waals surface area contributed by atoms with Gasteiger partial charge in [-0.25, -0.2) is 0 Å². The fraction of sp³-hybridized carbons (Fsp3) is 0.778. The standard InChI is InChI=1S/C9H11NO3/c1-9-3-2-4(13-9)5-6(9)8(12)10-7(5)11/h4-6H,2-3H2,1H3,(H,10,11,12)/t4-,5+,6+,9+/m0/s1. The first-order valence-corrected chi connectivity index (χ1v) is 4.64. The molecule has 3 fully saturated rings. The molecule has 13 heavy (non-hydrogen) atoms. The number of amides is 2. The molecule has 1 N–H and O–H groups in total. The molecule has 0 spiro atoms. The second-order valence-electron chi connectivity index (χ2n) is 4.36. The van der Waals surface area contributed by atoms with E-state index in [2.05, 4.69) is 5.32 Å². The highest BCUT2D eigenvalue weighted by molar-refractivity contribution is 6.06. The van der Waals surface area contributed by atoms with Gasteiger partial charge in [0.15, 0.2) is 0 Å². The minimum Gasteiger partial charge on any atom is -0.370 e. The van der Waals surface area contributed by atoms with Gasteiger partial charge in [-0.2, -0.15) is 0 Å². The summed E-state index contributed by atoms with van der Waals surface area (Å²) in [6, 6.07) is 0. The van der Waals surface area contributed by atoms with Gasteiger partial charge < -0.3 is 4.74 Å². The molecule has 0 radical (unpaired) electrons. The molecule has 4 nitrogen and oxygen atoms in total. The van der Waals surface area contributed by atoms with Crippen molar-refractivity contribution in [2.24, 2.45) is 11.8 Å². The monoisotopic (exact) mass is 181 g/mol. The van der Waals surface area contributed by atoms with Crippen LogP contribution in [0, 0.1) is 11.8 Å². The van der Waals surface area contributed by atoms with Gasteiger partial charge in [-0.3, -0.25) is 14.9 Å². The third kappa shape index (κ3) is 0.705. The lowest BCUT2D eigenvalue weighted by Gasteiger charge is -2.25. The van der Waals surface area contributed by atoms with E-state index in [1.54, 1.807) is 0 Å². The largest absolute Gasteiger partial charge is 0.370 e. The van der Waals surface area contributed by atoms with Crippen LogP contribution in [0.3, 0.4) is 0 Å². The van der Waals surface area contributed by atoms with E-state index in [1.807, 2.05) is 6.92 Å². The molecule has 0 aromatic heterocycles. The molecule has 0 saturated carbocycles. The normalized spacial score (nSPS) is 52.5. The number of hydrogen-bond acceptors (Lipinski definition) is 3. The van der Waals surface area contributed by atoms with Gasteiger partial charge in [0, 0.05) is 0 Å². The molecule has 2 bridgehead atoms. The third-order valence-corrected chi connectivity index (χ3v) is 3.60. The lowest BCUT2D eigenvalue weighted by atomic mass is 9.74. The summed E-state index contributed by atoms with van der Waals surface area (Å²) < 4.78 is 5.69. The minimum absolute atomic E-state index is 0.0125. The number of rotatable bonds is 0. The zero-order chi connectivity index (χ0) is 9.22. The summed E-state index contributed by atoms with van der Waals surface area (Å²) in [6.07, 6.45) is 1.80. The maximum absolute atomic E-state index is 11.4. The second kappa shape index (κ2) is 1.95. The van der Waals surface area contributed by atoms with Crippen molar-refractivity contribution in [3.63, 3.8) is 0 Å². The summed E-state index contributed by atoms with van der Waals surface area (Å²) in [5.74, 6) is -0.701. The summed E-state index contributed by atoms with van der Waals surface area (Å²) in [4.78, 5) is 22.8. The molecule has 0 aromatic rings. The van der Waals surface area contributed by atoms with Crippen molar-refractivity contribution in [2.75, 3.05) is 0 Å². The smallest absolute Gasteiger partial charge is 0.233 e. The summed E-state index contributed by atoms with van der Waals surface area (Å²) in [6.45, 7) is 1.94. The van der Waals surface area contributed by atoms with Crippen molar-refractivity contribution >= 4 is 11.8 Å². The van der Waals surface area contributed by atoms with Crippen molar-refractivity contribution in [2.45, 2.75) is 31.5 Å². The molecule has 0 aliphatic carbocycles. The Balaban J connectivity index is 2.08. The fourth-order valence-electron chi connectivity index (χ4n) is 3.01. The van der Waals surface area contributed by atoms with Crippen LogP contribution in [0.25, 0.3) is 0 Å². The van der Waals surface area contributed by atoms with Crippen LogP contribution in [0.4, 0.5) is 0 Å². The Morgan fingerprint density at radius 1 is 1.46 bits per heavy atom. The van der Waals surface area contributed by atoms with E-state index in [1.165, 1.54) is 0 Å². The zero-order valence-electron chi connectivity index (χ0n) is 7.37. The predicted octanol–water partition coefficient (Wildman–Crippen LogP) is -0.174. The van der Waals surface area contributed by atoms with Crippen molar-refractivity contribution in [3.05, 3.63) is 0 Å². The summed E-state index contributed by atoms with van der Waals surface area (Å²) >= 11 is 0. The number of fused-ring (bicyclic) bond motifs is 5. The summed E-state index contributed by atoms with van der Waals surface area (Å²) in [7, 11) is 0. The number of carbonyl (C=O) groups excluding carboxylic acids is 2. The lowest BCUT2D eigenvalue weighted by Crippen LogP contribution is -2.38. The van der Waals surface area contributed by atoms with Crippen molar-refractivity contribution in [3.8, 4) is 0 Å². The molecular formula is C9H11NO3. The number of hydrogen-bond donors (Lipinski definition) is 1. The Morgan fingerprint density at radius 3 is 2.92 bits per heavy atom. The Kier molecular flexibility index (Phi) is 1.12. The molecule has 3 rings (SSSR count). The highest BCUT2D eigenvalue weighted by atomic mass is 16.5. The number of ether oxygens (including phenoxy) is 1. The van der Waals surface area contributed by atoms with Crippen LogP contribution >= 0.6 is 0 Å². The van der Waals surface area contributed by atoms with E-state index in [4.69, 9.17) is 4.74 Å². The first-order chi connectivity index (χ1) is 6.12. The van der Waals surface area contributed by atoms with Gasteiger partial charge in [0.25, 0.3) is 0 Å². The summed E-state index contributed by atoms with van der Waals surface area (Å²) in [5.41, 5.74) is -0.369. The maximum Gasteiger partial charge on any atom is 0.233 e. The zero-order valence-corrected chi connectivity index (χ0v) is 7.37. The van der Waals surface area contributed by atoms with Crippen LogP contribution in [0.15, 0.2) is 0 Å². The fourth-order valence-corrected chi connectivity index (χ4v) is 3.01. The second-order valence-corrected chi connectivity index (χ2v) is 4.36. The molecule has 3 aliphatic rings. The van der Waals surface area contributed by atoms with E-state index in [9.17, 15) is 9.59 Å². The van der Waals surface area contributed by atoms with E-state index in [0.29, 0.717) is 0 Å². The predicted molar refractivity (Wildman–Crippen MR) is 42.6 cm³/mol. The Bertz CT molecular complexity index is 314. The molecule has 4 heteroatoms. The van der Waals surface area contributed by atoms with Crippen molar-refractivity contribution in [1.29, 1.82) is 0 Å². The summed E-state index contributed by atoms with van der Waals surface area (Å²) in [5, 5.41) is 2.39. The van der Waals surface area contributed by atoms with E-state index < -0.39 is 0 Å². The van der Waals surface area contributed by atoms with Gasteiger partial charge in [-0.05, 0) is 19.8 Å². The average molecular weight is 181 g/mol. The van der Waals surface area contributed by atoms with Crippen molar-refractivity contribution < 1.29 is 14.3 Å². The lowest BCUT2D eigenvalue weighted by molar-refractivity contribution is -0.130. The number of imide groups is 1. The minimum atomic E-state index is -0.369. The molecule has 3 saturated heterocycles. The first-order valence-electron chi connectivity index (χ1n) is 4.64.